The third-order valence-corrected chi connectivity index (χ3v) is 5.31. The zero-order valence-corrected chi connectivity index (χ0v) is 14.6. The highest BCUT2D eigenvalue weighted by Crippen LogP contribution is 2.31. The largest absolute Gasteiger partial charge is 0.385 e. The summed E-state index contributed by atoms with van der Waals surface area (Å²) in [5.74, 6) is 0. The summed E-state index contributed by atoms with van der Waals surface area (Å²) < 4.78 is 8.27. The average Bonchev–Trinajstić information content (AvgIpc) is 3.15. The highest BCUT2D eigenvalue weighted by molar-refractivity contribution is 7.19. The Kier molecular flexibility index (Phi) is 4.04. The number of aromatic nitrogens is 3. The van der Waals surface area contributed by atoms with E-state index in [4.69, 9.17) is 4.74 Å². The van der Waals surface area contributed by atoms with E-state index in [2.05, 4.69) is 40.4 Å². The molecule has 4 nitrogen and oxygen atoms in total. The van der Waals surface area contributed by atoms with Gasteiger partial charge in [-0.1, -0.05) is 12.1 Å². The van der Waals surface area contributed by atoms with Gasteiger partial charge in [-0.2, -0.15) is 5.10 Å². The Hall–Kier alpha value is -2.24. The number of thiophene rings is 1. The molecule has 4 rings (SSSR count). The van der Waals surface area contributed by atoms with Gasteiger partial charge in [0.25, 0.3) is 0 Å². The predicted octanol–water partition coefficient (Wildman–Crippen LogP) is 4.43. The molecule has 122 valence electrons. The number of methoxy groups -OCH3 is 1. The van der Waals surface area contributed by atoms with Crippen LogP contribution in [0.2, 0.25) is 0 Å². The van der Waals surface area contributed by atoms with E-state index in [1.807, 2.05) is 30.8 Å². The fraction of sp³-hybridized carbons (Fsp3) is 0.263. The molecule has 0 unspecified atom stereocenters. The molecule has 0 aliphatic heterocycles. The van der Waals surface area contributed by atoms with Crippen molar-refractivity contribution in [3.05, 3.63) is 47.6 Å². The molecule has 0 atom stereocenters. The van der Waals surface area contributed by atoms with E-state index in [9.17, 15) is 0 Å². The zero-order chi connectivity index (χ0) is 16.5. The lowest BCUT2D eigenvalue weighted by Gasteiger charge is -2.01. The molecule has 0 fully saturated rings. The van der Waals surface area contributed by atoms with Crippen LogP contribution in [0.15, 0.2) is 42.7 Å². The molecular formula is C19H19N3OS. The standard InChI is InChI=1S/C19H19N3OS/c1-22-12-16-8-15(11-20-19(16)21-22)13-5-6-14-9-17(4-3-7-23-2)24-18(14)10-13/h5-6,8-12H,3-4,7H2,1-2H3. The summed E-state index contributed by atoms with van der Waals surface area (Å²) in [6.45, 7) is 0.816. The third-order valence-electron chi connectivity index (χ3n) is 4.15. The average molecular weight is 337 g/mol. The van der Waals surface area contributed by atoms with E-state index in [-0.39, 0.29) is 0 Å². The first kappa shape index (κ1) is 15.3. The molecule has 5 heteroatoms. The molecule has 0 saturated carbocycles. The molecular weight excluding hydrogens is 318 g/mol. The fourth-order valence-corrected chi connectivity index (χ4v) is 4.12. The Morgan fingerprint density at radius 2 is 2.04 bits per heavy atom. The number of benzene rings is 1. The van der Waals surface area contributed by atoms with Crippen LogP contribution in [0.25, 0.3) is 32.2 Å². The minimum atomic E-state index is 0.791. The monoisotopic (exact) mass is 337 g/mol. The van der Waals surface area contributed by atoms with Crippen LogP contribution in [-0.2, 0) is 18.2 Å². The summed E-state index contributed by atoms with van der Waals surface area (Å²) in [6.07, 6.45) is 6.05. The molecule has 0 radical (unpaired) electrons. The molecule has 0 N–H and O–H groups in total. The molecule has 1 aromatic carbocycles. The van der Waals surface area contributed by atoms with Crippen molar-refractivity contribution in [1.29, 1.82) is 0 Å². The van der Waals surface area contributed by atoms with Crippen LogP contribution in [0.1, 0.15) is 11.3 Å². The smallest absolute Gasteiger partial charge is 0.181 e. The molecule has 3 aromatic heterocycles. The Labute approximate surface area is 144 Å². The van der Waals surface area contributed by atoms with Gasteiger partial charge in [0.15, 0.2) is 5.65 Å². The molecule has 0 saturated heterocycles. The van der Waals surface area contributed by atoms with E-state index in [0.29, 0.717) is 0 Å². The van der Waals surface area contributed by atoms with Crippen molar-refractivity contribution in [2.45, 2.75) is 12.8 Å². The highest BCUT2D eigenvalue weighted by Gasteiger charge is 2.07. The summed E-state index contributed by atoms with van der Waals surface area (Å²) in [5, 5.41) is 6.72. The molecule has 0 aliphatic carbocycles. The van der Waals surface area contributed by atoms with Crippen LogP contribution in [0, 0.1) is 0 Å². The van der Waals surface area contributed by atoms with E-state index in [0.717, 1.165) is 36.0 Å². The second-order valence-electron chi connectivity index (χ2n) is 6.00. The maximum atomic E-state index is 5.14. The van der Waals surface area contributed by atoms with Crippen LogP contribution in [-0.4, -0.2) is 28.5 Å². The Morgan fingerprint density at radius 3 is 2.92 bits per heavy atom. The van der Waals surface area contributed by atoms with E-state index in [1.54, 1.807) is 11.8 Å². The summed E-state index contributed by atoms with van der Waals surface area (Å²) in [5.41, 5.74) is 3.12. The Bertz CT molecular complexity index is 1000. The van der Waals surface area contributed by atoms with Gasteiger partial charge in [-0.25, -0.2) is 4.98 Å². The predicted molar refractivity (Wildman–Crippen MR) is 99.5 cm³/mol. The van der Waals surface area contributed by atoms with E-state index >= 15 is 0 Å². The SMILES string of the molecule is COCCCc1cc2ccc(-c3cnc4nn(C)cc4c3)cc2s1. The lowest BCUT2D eigenvalue weighted by atomic mass is 10.1. The molecule has 0 bridgehead atoms. The number of fused-ring (bicyclic) bond motifs is 2. The van der Waals surface area contributed by atoms with Crippen LogP contribution < -0.4 is 0 Å². The third kappa shape index (κ3) is 2.92. The van der Waals surface area contributed by atoms with Gasteiger partial charge in [-0.05, 0) is 42.0 Å². The van der Waals surface area contributed by atoms with Gasteiger partial charge in [0.1, 0.15) is 0 Å². The van der Waals surface area contributed by atoms with Crippen molar-refractivity contribution < 1.29 is 4.74 Å². The second-order valence-corrected chi connectivity index (χ2v) is 7.17. The lowest BCUT2D eigenvalue weighted by Crippen LogP contribution is -1.89. The Morgan fingerprint density at radius 1 is 1.12 bits per heavy atom. The number of hydrogen-bond acceptors (Lipinski definition) is 4. The topological polar surface area (TPSA) is 39.9 Å². The van der Waals surface area contributed by atoms with Crippen LogP contribution >= 0.6 is 11.3 Å². The Balaban J connectivity index is 1.67. The van der Waals surface area contributed by atoms with Gasteiger partial charge < -0.3 is 4.74 Å². The summed E-state index contributed by atoms with van der Waals surface area (Å²) in [7, 11) is 3.68. The maximum absolute atomic E-state index is 5.14. The number of ether oxygens (including phenoxy) is 1. The van der Waals surface area contributed by atoms with Gasteiger partial charge in [0.05, 0.1) is 0 Å². The maximum Gasteiger partial charge on any atom is 0.181 e. The summed E-state index contributed by atoms with van der Waals surface area (Å²) >= 11 is 1.87. The molecule has 0 aliphatic rings. The first-order valence-corrected chi connectivity index (χ1v) is 8.86. The highest BCUT2D eigenvalue weighted by atomic mass is 32.1. The van der Waals surface area contributed by atoms with Gasteiger partial charge in [0, 0.05) is 53.7 Å². The van der Waals surface area contributed by atoms with Gasteiger partial charge in [-0.15, -0.1) is 11.3 Å². The summed E-state index contributed by atoms with van der Waals surface area (Å²) in [6, 6.07) is 11.1. The molecule has 0 spiro atoms. The molecule has 0 amide bonds. The van der Waals surface area contributed by atoms with Gasteiger partial charge in [-0.3, -0.25) is 4.68 Å². The molecule has 3 heterocycles. The zero-order valence-electron chi connectivity index (χ0n) is 13.8. The van der Waals surface area contributed by atoms with Crippen molar-refractivity contribution in [2.24, 2.45) is 7.05 Å². The van der Waals surface area contributed by atoms with Gasteiger partial charge >= 0.3 is 0 Å². The number of hydrogen-bond donors (Lipinski definition) is 0. The minimum absolute atomic E-state index is 0.791. The van der Waals surface area contributed by atoms with E-state index < -0.39 is 0 Å². The van der Waals surface area contributed by atoms with Crippen molar-refractivity contribution in [1.82, 2.24) is 14.8 Å². The second kappa shape index (κ2) is 6.34. The lowest BCUT2D eigenvalue weighted by molar-refractivity contribution is 0.195. The normalized spacial score (nSPS) is 11.6. The summed E-state index contributed by atoms with van der Waals surface area (Å²) in [4.78, 5) is 5.89. The van der Waals surface area contributed by atoms with Crippen LogP contribution in [0.3, 0.4) is 0 Å². The minimum Gasteiger partial charge on any atom is -0.385 e. The molecule has 4 aromatic rings. The quantitative estimate of drug-likeness (QED) is 0.506. The number of aryl methyl sites for hydroxylation is 2. The van der Waals surface area contributed by atoms with Crippen molar-refractivity contribution in [3.8, 4) is 11.1 Å². The molecule has 24 heavy (non-hydrogen) atoms. The van der Waals surface area contributed by atoms with Crippen molar-refractivity contribution in [3.63, 3.8) is 0 Å². The number of rotatable bonds is 5. The van der Waals surface area contributed by atoms with Crippen molar-refractivity contribution >= 4 is 32.5 Å². The number of pyridine rings is 1. The number of nitrogens with zero attached hydrogens (tertiary/aromatic N) is 3. The van der Waals surface area contributed by atoms with E-state index in [1.165, 1.54) is 20.5 Å². The van der Waals surface area contributed by atoms with Crippen molar-refractivity contribution in [2.75, 3.05) is 13.7 Å². The van der Waals surface area contributed by atoms with Gasteiger partial charge in [0.2, 0.25) is 0 Å². The fourth-order valence-electron chi connectivity index (χ4n) is 2.97. The first-order valence-electron chi connectivity index (χ1n) is 8.04. The first-order chi connectivity index (χ1) is 11.7. The van der Waals surface area contributed by atoms with Crippen LogP contribution in [0.5, 0.6) is 0 Å². The van der Waals surface area contributed by atoms with Crippen LogP contribution in [0.4, 0.5) is 0 Å².